The molecule has 0 spiro atoms. The highest BCUT2D eigenvalue weighted by atomic mass is 79.9. The Balaban J connectivity index is 1.49. The molecular weight excluding hydrogens is 620 g/mol. The van der Waals surface area contributed by atoms with Crippen molar-refractivity contribution in [1.29, 1.82) is 0 Å². The summed E-state index contributed by atoms with van der Waals surface area (Å²) in [5, 5.41) is 9.22. The number of thiophene rings is 1. The molecule has 4 aromatic rings. The normalized spacial score (nSPS) is 14.2. The first-order chi connectivity index (χ1) is 19.2. The number of hydrogen-bond acceptors (Lipinski definition) is 8. The molecule has 208 valence electrons. The number of halogens is 1. The summed E-state index contributed by atoms with van der Waals surface area (Å²) in [5.41, 5.74) is 0.0648. The van der Waals surface area contributed by atoms with Crippen molar-refractivity contribution in [3.8, 4) is 5.69 Å². The van der Waals surface area contributed by atoms with Crippen LogP contribution in [0.1, 0.15) is 47.0 Å². The second-order valence-corrected chi connectivity index (χ2v) is 12.8. The van der Waals surface area contributed by atoms with E-state index in [2.05, 4.69) is 26.3 Å². The van der Waals surface area contributed by atoms with E-state index in [-0.39, 0.29) is 38.5 Å². The zero-order valence-corrected chi connectivity index (χ0v) is 24.6. The van der Waals surface area contributed by atoms with Crippen LogP contribution < -0.4 is 10.9 Å². The van der Waals surface area contributed by atoms with Crippen molar-refractivity contribution < 1.29 is 22.7 Å². The summed E-state index contributed by atoms with van der Waals surface area (Å²) in [7, 11) is -3.63. The first-order valence-electron chi connectivity index (χ1n) is 12.6. The number of nitrogens with one attached hydrogen (secondary N) is 1. The molecule has 1 amide bonds. The zero-order chi connectivity index (χ0) is 28.4. The molecule has 2 aromatic heterocycles. The number of carbonyl (C=O) groups excluding carboxylic acids is 2. The highest BCUT2D eigenvalue weighted by Crippen LogP contribution is 2.31. The average molecular weight is 646 g/mol. The molecule has 0 atom stereocenters. The number of fused-ring (bicyclic) bond motifs is 1. The Hall–Kier alpha value is -3.39. The SMILES string of the molecule is CCOC(=O)c1nn(-c2ccc(Br)cc2)c(=O)c2c(NC(=O)c3ccc(S(=O)(=O)N4CCCCC4)cc3)scc12. The van der Waals surface area contributed by atoms with Crippen LogP contribution in [0.2, 0.25) is 0 Å². The van der Waals surface area contributed by atoms with Crippen molar-refractivity contribution in [2.45, 2.75) is 31.1 Å². The average Bonchev–Trinajstić information content (AvgIpc) is 3.38. The van der Waals surface area contributed by atoms with E-state index in [1.165, 1.54) is 28.6 Å². The minimum Gasteiger partial charge on any atom is -0.461 e. The number of piperidine rings is 1. The van der Waals surface area contributed by atoms with E-state index in [4.69, 9.17) is 4.74 Å². The van der Waals surface area contributed by atoms with Gasteiger partial charge in [-0.05, 0) is 68.3 Å². The van der Waals surface area contributed by atoms with Gasteiger partial charge in [-0.1, -0.05) is 22.4 Å². The fourth-order valence-corrected chi connectivity index (χ4v) is 7.17. The van der Waals surface area contributed by atoms with Crippen molar-refractivity contribution in [2.75, 3.05) is 25.0 Å². The molecule has 0 radical (unpaired) electrons. The number of carbonyl (C=O) groups is 2. The predicted octanol–water partition coefficient (Wildman–Crippen LogP) is 4.81. The molecule has 1 saturated heterocycles. The Morgan fingerprint density at radius 3 is 2.38 bits per heavy atom. The summed E-state index contributed by atoms with van der Waals surface area (Å²) in [6, 6.07) is 12.5. The van der Waals surface area contributed by atoms with E-state index in [9.17, 15) is 22.8 Å². The molecule has 1 N–H and O–H groups in total. The van der Waals surface area contributed by atoms with Gasteiger partial charge in [0, 0.05) is 33.9 Å². The molecule has 1 fully saturated rings. The number of aromatic nitrogens is 2. The summed E-state index contributed by atoms with van der Waals surface area (Å²) < 4.78 is 34.4. The van der Waals surface area contributed by atoms with Crippen LogP contribution >= 0.6 is 27.3 Å². The number of sulfonamides is 1. The molecule has 0 bridgehead atoms. The first-order valence-corrected chi connectivity index (χ1v) is 15.7. The number of benzene rings is 2. The minimum absolute atomic E-state index is 0.0524. The van der Waals surface area contributed by atoms with Gasteiger partial charge >= 0.3 is 5.97 Å². The lowest BCUT2D eigenvalue weighted by molar-refractivity contribution is 0.0519. The molecule has 0 aliphatic carbocycles. The molecule has 10 nitrogen and oxygen atoms in total. The predicted molar refractivity (Wildman–Crippen MR) is 156 cm³/mol. The van der Waals surface area contributed by atoms with Crippen molar-refractivity contribution >= 4 is 64.9 Å². The molecule has 1 aliphatic heterocycles. The van der Waals surface area contributed by atoms with Gasteiger partial charge in [0.05, 0.1) is 22.6 Å². The number of hydrogen-bond donors (Lipinski definition) is 1. The summed E-state index contributed by atoms with van der Waals surface area (Å²) in [6.45, 7) is 2.76. The first kappa shape index (κ1) is 28.1. The fraction of sp³-hybridized carbons (Fsp3) is 0.259. The third kappa shape index (κ3) is 5.46. The van der Waals surface area contributed by atoms with Gasteiger partial charge in [0.1, 0.15) is 5.00 Å². The third-order valence-corrected chi connectivity index (χ3v) is 9.83. The van der Waals surface area contributed by atoms with Crippen molar-refractivity contribution in [1.82, 2.24) is 14.1 Å². The quantitative estimate of drug-likeness (QED) is 0.286. The highest BCUT2D eigenvalue weighted by molar-refractivity contribution is 9.10. The van der Waals surface area contributed by atoms with Gasteiger partial charge in [-0.3, -0.25) is 9.59 Å². The maximum atomic E-state index is 13.6. The molecule has 2 aromatic carbocycles. The smallest absolute Gasteiger partial charge is 0.359 e. The van der Waals surface area contributed by atoms with Gasteiger partial charge in [-0.15, -0.1) is 11.3 Å². The molecule has 13 heteroatoms. The van der Waals surface area contributed by atoms with E-state index in [0.717, 1.165) is 39.8 Å². The number of anilines is 1. The Labute approximate surface area is 242 Å². The number of amides is 1. The number of nitrogens with zero attached hydrogens (tertiary/aromatic N) is 3. The van der Waals surface area contributed by atoms with E-state index in [1.807, 2.05) is 0 Å². The monoisotopic (exact) mass is 644 g/mol. The zero-order valence-electron chi connectivity index (χ0n) is 21.4. The highest BCUT2D eigenvalue weighted by Gasteiger charge is 2.27. The molecule has 40 heavy (non-hydrogen) atoms. The molecule has 0 unspecified atom stereocenters. The van der Waals surface area contributed by atoms with E-state index < -0.39 is 27.5 Å². The molecule has 1 aliphatic rings. The molecular formula is C27H25BrN4O6S2. The topological polar surface area (TPSA) is 128 Å². The molecule has 5 rings (SSSR count). The Morgan fingerprint density at radius 2 is 1.73 bits per heavy atom. The van der Waals surface area contributed by atoms with Crippen LogP contribution in [0.3, 0.4) is 0 Å². The summed E-state index contributed by atoms with van der Waals surface area (Å²) in [6.07, 6.45) is 2.66. The van der Waals surface area contributed by atoms with Gasteiger partial charge in [0.2, 0.25) is 10.0 Å². The van der Waals surface area contributed by atoms with Crippen LogP contribution in [-0.2, 0) is 14.8 Å². The third-order valence-electron chi connectivity index (χ3n) is 6.49. The Morgan fingerprint density at radius 1 is 1.05 bits per heavy atom. The minimum atomic E-state index is -3.63. The van der Waals surface area contributed by atoms with Gasteiger partial charge in [0.15, 0.2) is 5.69 Å². The summed E-state index contributed by atoms with van der Waals surface area (Å²) >= 11 is 4.44. The lowest BCUT2D eigenvalue weighted by Gasteiger charge is -2.25. The second kappa shape index (κ2) is 11.6. The van der Waals surface area contributed by atoms with E-state index in [0.29, 0.717) is 18.8 Å². The number of ether oxygens (including phenoxy) is 1. The van der Waals surface area contributed by atoms with E-state index in [1.54, 1.807) is 36.6 Å². The van der Waals surface area contributed by atoms with Gasteiger partial charge in [-0.25, -0.2) is 13.2 Å². The van der Waals surface area contributed by atoms with Crippen molar-refractivity contribution in [3.63, 3.8) is 0 Å². The standard InChI is InChI=1S/C27H25BrN4O6S2/c1-2-38-27(35)23-21-16-39-25(22(21)26(34)32(30-23)19-10-8-18(28)9-11-19)29-24(33)17-6-12-20(13-7-17)40(36,37)31-14-4-3-5-15-31/h6-13,16H,2-5,14-15H2,1H3,(H,29,33). The molecule has 3 heterocycles. The number of esters is 1. The lowest BCUT2D eigenvalue weighted by Crippen LogP contribution is -2.35. The van der Waals surface area contributed by atoms with Gasteiger partial charge in [-0.2, -0.15) is 14.1 Å². The van der Waals surface area contributed by atoms with Gasteiger partial charge in [0.25, 0.3) is 11.5 Å². The van der Waals surface area contributed by atoms with Crippen molar-refractivity contribution in [2.24, 2.45) is 0 Å². The summed E-state index contributed by atoms with van der Waals surface area (Å²) in [5.74, 6) is -1.23. The number of rotatable bonds is 7. The van der Waals surface area contributed by atoms with Crippen LogP contribution in [0.15, 0.2) is 68.1 Å². The lowest BCUT2D eigenvalue weighted by atomic mass is 10.2. The fourth-order valence-electron chi connectivity index (χ4n) is 4.46. The van der Waals surface area contributed by atoms with E-state index >= 15 is 0 Å². The largest absolute Gasteiger partial charge is 0.461 e. The van der Waals surface area contributed by atoms with Crippen LogP contribution in [0, 0.1) is 0 Å². The van der Waals surface area contributed by atoms with Crippen LogP contribution in [-0.4, -0.2) is 54.1 Å². The van der Waals surface area contributed by atoms with Crippen LogP contribution in [0.5, 0.6) is 0 Å². The Kier molecular flexibility index (Phi) is 8.17. The van der Waals surface area contributed by atoms with Crippen molar-refractivity contribution in [3.05, 3.63) is 80.0 Å². The van der Waals surface area contributed by atoms with Crippen LogP contribution in [0.25, 0.3) is 16.5 Å². The van der Waals surface area contributed by atoms with Gasteiger partial charge < -0.3 is 10.1 Å². The van der Waals surface area contributed by atoms with Crippen LogP contribution in [0.4, 0.5) is 5.00 Å². The molecule has 0 saturated carbocycles. The summed E-state index contributed by atoms with van der Waals surface area (Å²) in [4.78, 5) is 39.6. The Bertz CT molecular complexity index is 1740. The maximum Gasteiger partial charge on any atom is 0.359 e. The maximum absolute atomic E-state index is 13.6. The second-order valence-electron chi connectivity index (χ2n) is 9.06.